The summed E-state index contributed by atoms with van der Waals surface area (Å²) in [6, 6.07) is 8.58. The fourth-order valence-corrected chi connectivity index (χ4v) is 2.00. The number of nitrogens with one attached hydrogen (secondary N) is 1. The molecule has 0 radical (unpaired) electrons. The number of anilines is 1. The molecule has 1 heterocycles. The molecule has 0 fully saturated rings. The van der Waals surface area contributed by atoms with Crippen LogP contribution in [0.3, 0.4) is 0 Å². The van der Waals surface area contributed by atoms with Crippen molar-refractivity contribution in [3.8, 4) is 0 Å². The number of nitrogens with two attached hydrogens (primary N) is 1. The highest BCUT2D eigenvalue weighted by atomic mass is 79.9. The van der Waals surface area contributed by atoms with E-state index < -0.39 is 0 Å². The second kappa shape index (κ2) is 5.97. The maximum atomic E-state index is 5.43. The first-order chi connectivity index (χ1) is 8.69. The fourth-order valence-electron chi connectivity index (χ4n) is 1.58. The summed E-state index contributed by atoms with van der Waals surface area (Å²) in [5, 5.41) is 11.0. The fraction of sp³-hybridized carbons (Fsp3) is 0.333. The maximum Gasteiger partial charge on any atom is 0.315 e. The lowest BCUT2D eigenvalue weighted by molar-refractivity contribution is 0.502. The molecule has 0 aliphatic heterocycles. The number of hydrogen-bond donors (Lipinski definition) is 2. The summed E-state index contributed by atoms with van der Waals surface area (Å²) < 4.78 is 6.47. The summed E-state index contributed by atoms with van der Waals surface area (Å²) >= 11 is 3.45. The third kappa shape index (κ3) is 3.30. The molecule has 0 saturated carbocycles. The van der Waals surface area contributed by atoms with E-state index in [-0.39, 0.29) is 6.04 Å². The second-order valence-corrected chi connectivity index (χ2v) is 4.88. The van der Waals surface area contributed by atoms with Gasteiger partial charge in [-0.05, 0) is 24.6 Å². The lowest BCUT2D eigenvalue weighted by Crippen LogP contribution is -2.06. The van der Waals surface area contributed by atoms with Crippen LogP contribution in [0.25, 0.3) is 0 Å². The van der Waals surface area contributed by atoms with Crippen LogP contribution in [0.5, 0.6) is 0 Å². The van der Waals surface area contributed by atoms with E-state index in [0.717, 1.165) is 10.0 Å². The number of rotatable bonds is 5. The highest BCUT2D eigenvalue weighted by Crippen LogP contribution is 2.21. The van der Waals surface area contributed by atoms with Crippen LogP contribution < -0.4 is 11.1 Å². The number of nitrogens with zero attached hydrogens (tertiary/aromatic N) is 2. The number of halogens is 1. The van der Waals surface area contributed by atoms with Gasteiger partial charge in [0.15, 0.2) is 0 Å². The number of aromatic nitrogens is 2. The summed E-state index contributed by atoms with van der Waals surface area (Å²) in [6.07, 6.45) is 0.597. The molecule has 0 amide bonds. The Hall–Kier alpha value is -1.40. The Balaban J connectivity index is 2.04. The Morgan fingerprint density at radius 2 is 2.28 bits per heavy atom. The highest BCUT2D eigenvalue weighted by molar-refractivity contribution is 9.10. The lowest BCUT2D eigenvalue weighted by Gasteiger charge is -2.12. The van der Waals surface area contributed by atoms with Crippen molar-refractivity contribution in [3.05, 3.63) is 40.2 Å². The first-order valence-corrected chi connectivity index (χ1v) is 6.53. The van der Waals surface area contributed by atoms with Crippen molar-refractivity contribution in [2.45, 2.75) is 19.4 Å². The molecule has 1 atom stereocenters. The first-order valence-electron chi connectivity index (χ1n) is 5.73. The van der Waals surface area contributed by atoms with Gasteiger partial charge in [0, 0.05) is 17.4 Å². The normalized spacial score (nSPS) is 12.4. The summed E-state index contributed by atoms with van der Waals surface area (Å²) in [4.78, 5) is 0. The zero-order chi connectivity index (χ0) is 13.0. The molecule has 2 aromatic rings. The lowest BCUT2D eigenvalue weighted by atomic mass is 10.1. The van der Waals surface area contributed by atoms with E-state index >= 15 is 0 Å². The summed E-state index contributed by atoms with van der Waals surface area (Å²) in [5.74, 6) is 0.557. The van der Waals surface area contributed by atoms with Crippen LogP contribution in [0, 0.1) is 0 Å². The van der Waals surface area contributed by atoms with E-state index in [0.29, 0.717) is 24.9 Å². The van der Waals surface area contributed by atoms with Gasteiger partial charge in [0.2, 0.25) is 5.89 Å². The largest absolute Gasteiger partial charge is 0.408 e. The van der Waals surface area contributed by atoms with Crippen LogP contribution in [0.1, 0.15) is 24.4 Å². The van der Waals surface area contributed by atoms with Gasteiger partial charge in [0.05, 0.1) is 6.04 Å². The van der Waals surface area contributed by atoms with Crippen LogP contribution in [-0.4, -0.2) is 16.7 Å². The molecular formula is C12H15BrN4O. The zero-order valence-electron chi connectivity index (χ0n) is 10.1. The molecule has 6 heteroatoms. The van der Waals surface area contributed by atoms with Gasteiger partial charge in [0.1, 0.15) is 0 Å². The second-order valence-electron chi connectivity index (χ2n) is 3.96. The van der Waals surface area contributed by atoms with E-state index in [1.165, 1.54) is 0 Å². The number of benzene rings is 1. The van der Waals surface area contributed by atoms with Crippen LogP contribution >= 0.6 is 15.9 Å². The van der Waals surface area contributed by atoms with Gasteiger partial charge in [-0.3, -0.25) is 0 Å². The minimum absolute atomic E-state index is 0.0914. The Kier molecular flexibility index (Phi) is 4.33. The molecule has 18 heavy (non-hydrogen) atoms. The molecule has 5 nitrogen and oxygen atoms in total. The summed E-state index contributed by atoms with van der Waals surface area (Å²) in [7, 11) is 0. The van der Waals surface area contributed by atoms with Gasteiger partial charge in [-0.25, -0.2) is 0 Å². The Morgan fingerprint density at radius 3 is 3.00 bits per heavy atom. The van der Waals surface area contributed by atoms with E-state index in [1.54, 1.807) is 0 Å². The Labute approximate surface area is 114 Å². The van der Waals surface area contributed by atoms with Crippen molar-refractivity contribution in [2.24, 2.45) is 5.73 Å². The van der Waals surface area contributed by atoms with Gasteiger partial charge in [-0.2, -0.15) is 0 Å². The minimum Gasteiger partial charge on any atom is -0.408 e. The average molecular weight is 311 g/mol. The van der Waals surface area contributed by atoms with Crippen LogP contribution in [0.4, 0.5) is 6.01 Å². The smallest absolute Gasteiger partial charge is 0.315 e. The van der Waals surface area contributed by atoms with Crippen molar-refractivity contribution in [2.75, 3.05) is 11.9 Å². The first kappa shape index (κ1) is 13.0. The van der Waals surface area contributed by atoms with Gasteiger partial charge in [0.25, 0.3) is 0 Å². The van der Waals surface area contributed by atoms with Gasteiger partial charge in [-0.1, -0.05) is 33.2 Å². The Bertz CT molecular complexity index is 514. The van der Waals surface area contributed by atoms with Gasteiger partial charge < -0.3 is 15.5 Å². The molecule has 1 unspecified atom stereocenters. The molecule has 2 rings (SSSR count). The monoisotopic (exact) mass is 310 g/mol. The van der Waals surface area contributed by atoms with Crippen LogP contribution in [0.15, 0.2) is 33.2 Å². The third-order valence-electron chi connectivity index (χ3n) is 2.51. The van der Waals surface area contributed by atoms with E-state index in [2.05, 4.69) is 37.5 Å². The summed E-state index contributed by atoms with van der Waals surface area (Å²) in [5.41, 5.74) is 6.57. The zero-order valence-corrected chi connectivity index (χ0v) is 11.6. The predicted octanol–water partition coefficient (Wildman–Crippen LogP) is 2.51. The van der Waals surface area contributed by atoms with Crippen molar-refractivity contribution in [1.29, 1.82) is 0 Å². The molecular weight excluding hydrogens is 296 g/mol. The standard InChI is InChI=1S/C12H15BrN4O/c1-8(9-3-2-4-10(13)7-9)15-12-17-16-11(18-12)5-6-14/h2-4,7-8H,5-6,14H2,1H3,(H,15,17). The minimum atomic E-state index is 0.0914. The van der Waals surface area contributed by atoms with E-state index in [9.17, 15) is 0 Å². The molecule has 96 valence electrons. The van der Waals surface area contributed by atoms with Crippen LogP contribution in [-0.2, 0) is 6.42 Å². The van der Waals surface area contributed by atoms with Crippen molar-refractivity contribution in [3.63, 3.8) is 0 Å². The van der Waals surface area contributed by atoms with Crippen molar-refractivity contribution >= 4 is 21.9 Å². The average Bonchev–Trinajstić information content (AvgIpc) is 2.77. The Morgan fingerprint density at radius 1 is 1.44 bits per heavy atom. The maximum absolute atomic E-state index is 5.43. The number of hydrogen-bond acceptors (Lipinski definition) is 5. The van der Waals surface area contributed by atoms with Crippen molar-refractivity contribution < 1.29 is 4.42 Å². The predicted molar refractivity (Wildman–Crippen MR) is 73.2 cm³/mol. The molecule has 0 saturated heterocycles. The van der Waals surface area contributed by atoms with Crippen LogP contribution in [0.2, 0.25) is 0 Å². The molecule has 3 N–H and O–H groups in total. The van der Waals surface area contributed by atoms with Gasteiger partial charge in [-0.15, -0.1) is 5.10 Å². The highest BCUT2D eigenvalue weighted by Gasteiger charge is 2.10. The molecule has 0 spiro atoms. The summed E-state index contributed by atoms with van der Waals surface area (Å²) in [6.45, 7) is 2.54. The van der Waals surface area contributed by atoms with Crippen molar-refractivity contribution in [1.82, 2.24) is 10.2 Å². The molecule has 1 aromatic heterocycles. The van der Waals surface area contributed by atoms with Gasteiger partial charge >= 0.3 is 6.01 Å². The molecule has 0 aliphatic rings. The quantitative estimate of drug-likeness (QED) is 0.887. The van der Waals surface area contributed by atoms with E-state index in [1.807, 2.05) is 25.1 Å². The van der Waals surface area contributed by atoms with E-state index in [4.69, 9.17) is 10.2 Å². The topological polar surface area (TPSA) is 77.0 Å². The molecule has 1 aromatic carbocycles. The third-order valence-corrected chi connectivity index (χ3v) is 3.01. The molecule has 0 aliphatic carbocycles. The SMILES string of the molecule is CC(Nc1nnc(CCN)o1)c1cccc(Br)c1. The molecule has 0 bridgehead atoms.